The van der Waals surface area contributed by atoms with E-state index in [4.69, 9.17) is 9.05 Å². The van der Waals surface area contributed by atoms with Crippen LogP contribution >= 0.6 is 7.60 Å². The second-order valence-corrected chi connectivity index (χ2v) is 8.54. The van der Waals surface area contributed by atoms with Gasteiger partial charge in [0.1, 0.15) is 5.66 Å². The molecule has 0 spiro atoms. The van der Waals surface area contributed by atoms with Crippen LogP contribution in [0.3, 0.4) is 0 Å². The van der Waals surface area contributed by atoms with Crippen LogP contribution in [0.25, 0.3) is 0 Å². The van der Waals surface area contributed by atoms with Crippen molar-refractivity contribution in [3.8, 4) is 0 Å². The molecule has 1 unspecified atom stereocenters. The van der Waals surface area contributed by atoms with Crippen molar-refractivity contribution in [2.75, 3.05) is 13.2 Å². The van der Waals surface area contributed by atoms with E-state index in [2.05, 4.69) is 13.8 Å². The van der Waals surface area contributed by atoms with Crippen molar-refractivity contribution in [3.63, 3.8) is 0 Å². The fourth-order valence-corrected chi connectivity index (χ4v) is 6.61. The van der Waals surface area contributed by atoms with Gasteiger partial charge < -0.3 is 9.05 Å². The number of hydrogen-bond donors (Lipinski definition) is 0. The monoisotopic (exact) mass is 288 g/mol. The minimum absolute atomic E-state index is 0.0824. The van der Waals surface area contributed by atoms with E-state index in [1.54, 1.807) is 13.8 Å². The standard InChI is InChI=1S/C14H25O4P/c1-6-17-19(16,18-7-2)11-10-8-9-14(5,12(11)15)13(10,3)4/h10-11H,6-9H2,1-5H3/t10-,11?,14+/m1/s1. The minimum atomic E-state index is -3.34. The molecule has 2 bridgehead atoms. The van der Waals surface area contributed by atoms with Crippen LogP contribution < -0.4 is 0 Å². The molecule has 2 fully saturated rings. The molecule has 0 amide bonds. The Hall–Kier alpha value is -0.180. The molecule has 2 aliphatic carbocycles. The fraction of sp³-hybridized carbons (Fsp3) is 0.929. The lowest BCUT2D eigenvalue weighted by atomic mass is 9.70. The maximum atomic E-state index is 13.0. The van der Waals surface area contributed by atoms with Gasteiger partial charge in [0.2, 0.25) is 0 Å². The lowest BCUT2D eigenvalue weighted by Crippen LogP contribution is -2.35. The summed E-state index contributed by atoms with van der Waals surface area (Å²) < 4.78 is 23.8. The molecular weight excluding hydrogens is 263 g/mol. The van der Waals surface area contributed by atoms with Crippen molar-refractivity contribution in [1.82, 2.24) is 0 Å². The summed E-state index contributed by atoms with van der Waals surface area (Å²) in [5.41, 5.74) is -1.08. The van der Waals surface area contributed by atoms with Crippen LogP contribution in [0.1, 0.15) is 47.5 Å². The summed E-state index contributed by atoms with van der Waals surface area (Å²) in [6.07, 6.45) is 1.82. The number of ketones is 1. The highest BCUT2D eigenvalue weighted by Crippen LogP contribution is 2.72. The van der Waals surface area contributed by atoms with Crippen molar-refractivity contribution in [3.05, 3.63) is 0 Å². The predicted octanol–water partition coefficient (Wildman–Crippen LogP) is 3.65. The molecule has 2 aliphatic rings. The van der Waals surface area contributed by atoms with Crippen molar-refractivity contribution in [2.24, 2.45) is 16.7 Å². The first-order valence-corrected chi connectivity index (χ1v) is 8.79. The number of hydrogen-bond acceptors (Lipinski definition) is 4. The number of fused-ring (bicyclic) bond motifs is 2. The van der Waals surface area contributed by atoms with Gasteiger partial charge >= 0.3 is 7.60 Å². The second kappa shape index (κ2) is 4.68. The molecule has 2 rings (SSSR count). The van der Waals surface area contributed by atoms with Crippen LogP contribution in [0.4, 0.5) is 0 Å². The maximum Gasteiger partial charge on any atom is 0.341 e. The van der Waals surface area contributed by atoms with Gasteiger partial charge in [-0.1, -0.05) is 20.8 Å². The van der Waals surface area contributed by atoms with Gasteiger partial charge in [-0.25, -0.2) is 0 Å². The normalized spacial score (nSPS) is 37.0. The molecular formula is C14H25O4P. The third-order valence-electron chi connectivity index (χ3n) is 5.46. The quantitative estimate of drug-likeness (QED) is 0.725. The molecule has 0 aromatic carbocycles. The third kappa shape index (κ3) is 1.87. The van der Waals surface area contributed by atoms with Crippen molar-refractivity contribution in [1.29, 1.82) is 0 Å². The Morgan fingerprint density at radius 1 is 1.21 bits per heavy atom. The highest BCUT2D eigenvalue weighted by atomic mass is 31.2. The Kier molecular flexibility index (Phi) is 3.75. The molecule has 0 heterocycles. The Morgan fingerprint density at radius 3 is 2.11 bits per heavy atom. The van der Waals surface area contributed by atoms with Gasteiger partial charge in [0.15, 0.2) is 5.78 Å². The molecule has 110 valence electrons. The highest BCUT2D eigenvalue weighted by molar-refractivity contribution is 7.55. The molecule has 2 saturated carbocycles. The number of carbonyl (C=O) groups is 1. The van der Waals surface area contributed by atoms with E-state index in [1.807, 2.05) is 6.92 Å². The Balaban J connectivity index is 2.42. The van der Waals surface area contributed by atoms with E-state index in [9.17, 15) is 9.36 Å². The number of Topliss-reactive ketones (excluding diaryl/α,β-unsaturated/α-hetero) is 1. The van der Waals surface area contributed by atoms with E-state index in [1.165, 1.54) is 0 Å². The van der Waals surface area contributed by atoms with Gasteiger partial charge in [0, 0.05) is 5.41 Å². The SMILES string of the molecule is CCOP(=O)(OCC)C1C(=O)[C@]2(C)CC[C@H]1C2(C)C. The molecule has 3 atom stereocenters. The highest BCUT2D eigenvalue weighted by Gasteiger charge is 2.70. The van der Waals surface area contributed by atoms with Crippen molar-refractivity contribution >= 4 is 13.4 Å². The molecule has 0 aromatic heterocycles. The van der Waals surface area contributed by atoms with Crippen LogP contribution in [0.2, 0.25) is 0 Å². The third-order valence-corrected chi connectivity index (χ3v) is 7.97. The maximum absolute atomic E-state index is 13.0. The lowest BCUT2D eigenvalue weighted by Gasteiger charge is -2.32. The Bertz CT molecular complexity index is 421. The largest absolute Gasteiger partial charge is 0.341 e. The van der Waals surface area contributed by atoms with Gasteiger partial charge in [0.25, 0.3) is 0 Å². The molecule has 0 saturated heterocycles. The van der Waals surface area contributed by atoms with E-state index >= 15 is 0 Å². The summed E-state index contributed by atoms with van der Waals surface area (Å²) in [6, 6.07) is 0. The van der Waals surface area contributed by atoms with E-state index in [-0.39, 0.29) is 22.5 Å². The first-order chi connectivity index (χ1) is 8.74. The zero-order valence-corrected chi connectivity index (χ0v) is 13.5. The predicted molar refractivity (Wildman–Crippen MR) is 74.3 cm³/mol. The summed E-state index contributed by atoms with van der Waals surface area (Å²) in [7, 11) is -3.34. The lowest BCUT2D eigenvalue weighted by molar-refractivity contribution is -0.128. The van der Waals surface area contributed by atoms with Crippen molar-refractivity contribution in [2.45, 2.75) is 53.1 Å². The second-order valence-electron chi connectivity index (χ2n) is 6.38. The van der Waals surface area contributed by atoms with Crippen LogP contribution in [-0.4, -0.2) is 24.7 Å². The summed E-state index contributed by atoms with van der Waals surface area (Å²) in [6.45, 7) is 10.4. The molecule has 19 heavy (non-hydrogen) atoms. The van der Waals surface area contributed by atoms with E-state index < -0.39 is 13.3 Å². The van der Waals surface area contributed by atoms with E-state index in [0.717, 1.165) is 12.8 Å². The molecule has 0 N–H and O–H groups in total. The van der Waals surface area contributed by atoms with Crippen LogP contribution in [0, 0.1) is 16.7 Å². The van der Waals surface area contributed by atoms with Gasteiger partial charge in [-0.05, 0) is 38.0 Å². The van der Waals surface area contributed by atoms with Gasteiger partial charge in [-0.3, -0.25) is 9.36 Å². The molecule has 5 heteroatoms. The molecule has 0 aromatic rings. The zero-order valence-electron chi connectivity index (χ0n) is 12.6. The first-order valence-electron chi connectivity index (χ1n) is 7.17. The molecule has 0 aliphatic heterocycles. The van der Waals surface area contributed by atoms with Crippen LogP contribution in [0.15, 0.2) is 0 Å². The average molecular weight is 288 g/mol. The fourth-order valence-electron chi connectivity index (χ4n) is 3.96. The minimum Gasteiger partial charge on any atom is -0.308 e. The van der Waals surface area contributed by atoms with Crippen molar-refractivity contribution < 1.29 is 18.4 Å². The van der Waals surface area contributed by atoms with Gasteiger partial charge in [-0.15, -0.1) is 0 Å². The summed E-state index contributed by atoms with van der Waals surface area (Å²) in [5, 5.41) is 0. The topological polar surface area (TPSA) is 52.6 Å². The summed E-state index contributed by atoms with van der Waals surface area (Å²) >= 11 is 0. The Labute approximate surface area is 115 Å². The number of carbonyl (C=O) groups excluding carboxylic acids is 1. The van der Waals surface area contributed by atoms with Crippen LogP contribution in [0.5, 0.6) is 0 Å². The number of rotatable bonds is 5. The Morgan fingerprint density at radius 2 is 1.74 bits per heavy atom. The van der Waals surface area contributed by atoms with Gasteiger partial charge in [0.05, 0.1) is 13.2 Å². The van der Waals surface area contributed by atoms with E-state index in [0.29, 0.717) is 13.2 Å². The average Bonchev–Trinajstić information content (AvgIpc) is 2.61. The zero-order chi connectivity index (χ0) is 14.5. The first kappa shape index (κ1) is 15.2. The smallest absolute Gasteiger partial charge is 0.308 e. The molecule has 4 nitrogen and oxygen atoms in total. The van der Waals surface area contributed by atoms with Crippen LogP contribution in [-0.2, 0) is 18.4 Å². The summed E-state index contributed by atoms with van der Waals surface area (Å²) in [4.78, 5) is 12.8. The molecule has 0 radical (unpaired) electrons. The summed E-state index contributed by atoms with van der Waals surface area (Å²) in [5.74, 6) is 0.188. The van der Waals surface area contributed by atoms with Gasteiger partial charge in [-0.2, -0.15) is 0 Å².